The van der Waals surface area contributed by atoms with Crippen molar-refractivity contribution in [2.75, 3.05) is 4.90 Å². The molecule has 31 heavy (non-hydrogen) atoms. The predicted molar refractivity (Wildman–Crippen MR) is 126 cm³/mol. The minimum Gasteiger partial charge on any atom is -0.467 e. The monoisotopic (exact) mass is 428 g/mol. The number of nitrogens with one attached hydrogen (secondary N) is 1. The number of rotatable bonds is 5. The van der Waals surface area contributed by atoms with E-state index in [9.17, 15) is 0 Å². The summed E-state index contributed by atoms with van der Waals surface area (Å²) in [6, 6.07) is 20.6. The second kappa shape index (κ2) is 8.04. The molecule has 5 nitrogen and oxygen atoms in total. The van der Waals surface area contributed by atoms with Crippen molar-refractivity contribution < 1.29 is 4.42 Å². The van der Waals surface area contributed by atoms with E-state index in [0.717, 1.165) is 22.8 Å². The molecule has 5 rings (SSSR count). The molecule has 3 aromatic heterocycles. The third kappa shape index (κ3) is 3.75. The summed E-state index contributed by atoms with van der Waals surface area (Å²) in [7, 11) is 0. The van der Waals surface area contributed by atoms with Gasteiger partial charge >= 0.3 is 0 Å². The first-order valence-corrected chi connectivity index (χ1v) is 10.8. The van der Waals surface area contributed by atoms with Crippen molar-refractivity contribution in [2.24, 2.45) is 0 Å². The topological polar surface area (TPSA) is 46.2 Å². The van der Waals surface area contributed by atoms with E-state index in [1.165, 1.54) is 11.1 Å². The van der Waals surface area contributed by atoms with E-state index in [2.05, 4.69) is 76.2 Å². The van der Waals surface area contributed by atoms with Crippen LogP contribution in [-0.2, 0) is 6.54 Å². The highest BCUT2D eigenvalue weighted by molar-refractivity contribution is 7.80. The van der Waals surface area contributed by atoms with Crippen LogP contribution < -0.4 is 10.2 Å². The molecule has 1 aliphatic rings. The predicted octanol–water partition coefficient (Wildman–Crippen LogP) is 5.32. The molecule has 1 fully saturated rings. The van der Waals surface area contributed by atoms with Gasteiger partial charge in [-0.3, -0.25) is 4.98 Å². The van der Waals surface area contributed by atoms with Crippen molar-refractivity contribution in [2.45, 2.75) is 32.5 Å². The van der Waals surface area contributed by atoms with Crippen molar-refractivity contribution in [3.63, 3.8) is 0 Å². The Kier molecular flexibility index (Phi) is 5.08. The number of anilines is 1. The van der Waals surface area contributed by atoms with Gasteiger partial charge in [-0.25, -0.2) is 0 Å². The molecule has 2 atom stereocenters. The van der Waals surface area contributed by atoms with Gasteiger partial charge in [0.25, 0.3) is 0 Å². The Hall–Kier alpha value is -3.38. The normalized spacial score (nSPS) is 18.4. The Morgan fingerprint density at radius 2 is 1.87 bits per heavy atom. The number of furan rings is 1. The SMILES string of the molecule is Cc1cc(C)cc(N2C(=S)N[C@@H](c3ccccn3)[C@H]2c2cccn2Cc2ccco2)c1. The van der Waals surface area contributed by atoms with Crippen LogP contribution in [0.4, 0.5) is 5.69 Å². The zero-order valence-electron chi connectivity index (χ0n) is 17.5. The van der Waals surface area contributed by atoms with Crippen LogP contribution in [0.25, 0.3) is 0 Å². The number of aromatic nitrogens is 2. The van der Waals surface area contributed by atoms with Crippen LogP contribution in [0.1, 0.15) is 40.4 Å². The van der Waals surface area contributed by atoms with Gasteiger partial charge in [-0.05, 0) is 85.7 Å². The summed E-state index contributed by atoms with van der Waals surface area (Å²) in [6.45, 7) is 4.90. The first-order valence-electron chi connectivity index (χ1n) is 10.4. The van der Waals surface area contributed by atoms with E-state index in [1.807, 2.05) is 30.5 Å². The molecule has 1 saturated heterocycles. The lowest BCUT2D eigenvalue weighted by atomic mass is 10.00. The van der Waals surface area contributed by atoms with Crippen LogP contribution in [0, 0.1) is 13.8 Å². The number of aryl methyl sites for hydroxylation is 2. The Morgan fingerprint density at radius 3 is 2.58 bits per heavy atom. The van der Waals surface area contributed by atoms with E-state index in [-0.39, 0.29) is 12.1 Å². The van der Waals surface area contributed by atoms with Gasteiger partial charge in [-0.15, -0.1) is 0 Å². The maximum absolute atomic E-state index is 5.86. The third-order valence-corrected chi connectivity index (χ3v) is 5.97. The van der Waals surface area contributed by atoms with E-state index >= 15 is 0 Å². The number of benzene rings is 1. The summed E-state index contributed by atoms with van der Waals surface area (Å²) in [5.74, 6) is 0.915. The van der Waals surface area contributed by atoms with Gasteiger partial charge in [0.2, 0.25) is 0 Å². The zero-order chi connectivity index (χ0) is 21.4. The average Bonchev–Trinajstić information content (AvgIpc) is 3.48. The maximum atomic E-state index is 5.86. The summed E-state index contributed by atoms with van der Waals surface area (Å²) < 4.78 is 7.84. The van der Waals surface area contributed by atoms with E-state index < -0.39 is 0 Å². The van der Waals surface area contributed by atoms with Gasteiger partial charge in [-0.2, -0.15) is 0 Å². The third-order valence-electron chi connectivity index (χ3n) is 5.66. The van der Waals surface area contributed by atoms with Gasteiger partial charge < -0.3 is 19.2 Å². The van der Waals surface area contributed by atoms with Gasteiger partial charge in [0.05, 0.1) is 24.5 Å². The fourth-order valence-corrected chi connectivity index (χ4v) is 4.78. The van der Waals surface area contributed by atoms with Crippen LogP contribution in [0.3, 0.4) is 0 Å². The second-order valence-corrected chi connectivity index (χ2v) is 8.37. The molecule has 0 unspecified atom stereocenters. The van der Waals surface area contributed by atoms with Crippen LogP contribution in [0.2, 0.25) is 0 Å². The van der Waals surface area contributed by atoms with E-state index in [1.54, 1.807) is 6.26 Å². The lowest BCUT2D eigenvalue weighted by molar-refractivity contribution is 0.475. The Balaban J connectivity index is 1.63. The van der Waals surface area contributed by atoms with Gasteiger partial charge in [0.15, 0.2) is 5.11 Å². The molecule has 156 valence electrons. The standard InChI is InChI=1S/C25H24N4OS/c1-17-13-18(2)15-19(14-17)29-24(23(27-25(29)31)21-8-3-4-10-26-21)22-9-5-11-28(22)16-20-7-6-12-30-20/h3-15,23-24H,16H2,1-2H3,(H,27,31)/t23-,24+/m0/s1. The van der Waals surface area contributed by atoms with Crippen molar-refractivity contribution in [3.8, 4) is 0 Å². The molecule has 6 heteroatoms. The Labute approximate surface area is 187 Å². The molecular weight excluding hydrogens is 404 g/mol. The molecule has 4 heterocycles. The van der Waals surface area contributed by atoms with Gasteiger partial charge in [-0.1, -0.05) is 12.1 Å². The van der Waals surface area contributed by atoms with Gasteiger partial charge in [0.1, 0.15) is 11.8 Å². The molecule has 4 aromatic rings. The van der Waals surface area contributed by atoms with Crippen LogP contribution in [0.5, 0.6) is 0 Å². The van der Waals surface area contributed by atoms with Gasteiger partial charge in [0, 0.05) is 23.8 Å². The summed E-state index contributed by atoms with van der Waals surface area (Å²) in [6.07, 6.45) is 5.64. The van der Waals surface area contributed by atoms with Crippen LogP contribution >= 0.6 is 12.2 Å². The fourth-order valence-electron chi connectivity index (χ4n) is 4.43. The van der Waals surface area contributed by atoms with E-state index in [0.29, 0.717) is 11.7 Å². The highest BCUT2D eigenvalue weighted by Gasteiger charge is 2.42. The molecule has 1 N–H and O–H groups in total. The smallest absolute Gasteiger partial charge is 0.174 e. The highest BCUT2D eigenvalue weighted by Crippen LogP contribution is 2.42. The number of nitrogens with zero attached hydrogens (tertiary/aromatic N) is 3. The molecule has 0 saturated carbocycles. The second-order valence-electron chi connectivity index (χ2n) is 7.98. The number of thiocarbonyl (C=S) groups is 1. The highest BCUT2D eigenvalue weighted by atomic mass is 32.1. The van der Waals surface area contributed by atoms with Crippen molar-refractivity contribution in [3.05, 3.63) is 108 Å². The largest absolute Gasteiger partial charge is 0.467 e. The summed E-state index contributed by atoms with van der Waals surface area (Å²) in [5, 5.41) is 4.25. The molecule has 0 aliphatic carbocycles. The zero-order valence-corrected chi connectivity index (χ0v) is 18.3. The number of pyridine rings is 1. The Morgan fingerprint density at radius 1 is 1.03 bits per heavy atom. The number of hydrogen-bond acceptors (Lipinski definition) is 3. The lowest BCUT2D eigenvalue weighted by Gasteiger charge is -2.29. The molecule has 0 bridgehead atoms. The molecular formula is C25H24N4OS. The minimum absolute atomic E-state index is 0.0476. The summed E-state index contributed by atoms with van der Waals surface area (Å²) in [5.41, 5.74) is 5.63. The van der Waals surface area contributed by atoms with Crippen LogP contribution in [-0.4, -0.2) is 14.7 Å². The average molecular weight is 429 g/mol. The molecule has 0 radical (unpaired) electrons. The lowest BCUT2D eigenvalue weighted by Crippen LogP contribution is -2.30. The van der Waals surface area contributed by atoms with Crippen molar-refractivity contribution >= 4 is 23.0 Å². The molecule has 0 amide bonds. The van der Waals surface area contributed by atoms with Crippen molar-refractivity contribution in [1.29, 1.82) is 0 Å². The molecule has 1 aliphatic heterocycles. The molecule has 1 aromatic carbocycles. The fraction of sp³-hybridized carbons (Fsp3) is 0.200. The summed E-state index contributed by atoms with van der Waals surface area (Å²) in [4.78, 5) is 6.87. The minimum atomic E-state index is -0.0697. The van der Waals surface area contributed by atoms with Crippen LogP contribution in [0.15, 0.2) is 83.7 Å². The van der Waals surface area contributed by atoms with Crippen molar-refractivity contribution in [1.82, 2.24) is 14.9 Å². The quantitative estimate of drug-likeness (QED) is 0.436. The molecule has 0 spiro atoms. The van der Waals surface area contributed by atoms with E-state index in [4.69, 9.17) is 16.6 Å². The first-order chi connectivity index (χ1) is 15.1. The number of hydrogen-bond donors (Lipinski definition) is 1. The maximum Gasteiger partial charge on any atom is 0.174 e. The Bertz CT molecular complexity index is 1180. The summed E-state index contributed by atoms with van der Waals surface area (Å²) >= 11 is 5.86. The first kappa shape index (κ1) is 19.6.